The van der Waals surface area contributed by atoms with Crippen LogP contribution in [-0.4, -0.2) is 25.8 Å². The Morgan fingerprint density at radius 3 is 2.55 bits per heavy atom. The summed E-state index contributed by atoms with van der Waals surface area (Å²) in [6.07, 6.45) is 5.78. The SMILES string of the molecule is C/C=C/Cn1nc(C(C)CC)nc1Cc1ccc(-c2ccccc2C(=O)O)cc1. The number of aromatic carboxylic acids is 1. The summed E-state index contributed by atoms with van der Waals surface area (Å²) >= 11 is 0. The number of carboxylic acids is 1. The Bertz CT molecular complexity index is 1000. The fourth-order valence-corrected chi connectivity index (χ4v) is 3.17. The Morgan fingerprint density at radius 1 is 1.17 bits per heavy atom. The van der Waals surface area contributed by atoms with Gasteiger partial charge in [0.25, 0.3) is 0 Å². The zero-order valence-electron chi connectivity index (χ0n) is 17.2. The van der Waals surface area contributed by atoms with E-state index in [1.165, 1.54) is 0 Å². The van der Waals surface area contributed by atoms with Crippen molar-refractivity contribution in [2.75, 3.05) is 0 Å². The molecule has 29 heavy (non-hydrogen) atoms. The van der Waals surface area contributed by atoms with E-state index in [9.17, 15) is 9.90 Å². The first kappa shape index (κ1) is 20.5. The van der Waals surface area contributed by atoms with Crippen LogP contribution in [0, 0.1) is 0 Å². The molecule has 0 aliphatic carbocycles. The standard InChI is InChI=1S/C24H27N3O2/c1-4-6-15-27-22(25-23(26-27)17(3)5-2)16-18-11-13-19(14-12-18)20-9-7-8-10-21(20)24(28)29/h4,6-14,17H,5,15-16H2,1-3H3,(H,28,29)/b6-4+. The Morgan fingerprint density at radius 2 is 1.90 bits per heavy atom. The van der Waals surface area contributed by atoms with Crippen LogP contribution in [0.15, 0.2) is 60.7 Å². The van der Waals surface area contributed by atoms with E-state index in [-0.39, 0.29) is 0 Å². The molecule has 1 heterocycles. The van der Waals surface area contributed by atoms with Crippen molar-refractivity contribution >= 4 is 5.97 Å². The average Bonchev–Trinajstić information content (AvgIpc) is 3.14. The number of rotatable bonds is 8. The number of hydrogen-bond donors (Lipinski definition) is 1. The molecule has 0 saturated heterocycles. The molecular weight excluding hydrogens is 362 g/mol. The first-order chi connectivity index (χ1) is 14.0. The van der Waals surface area contributed by atoms with Gasteiger partial charge in [-0.2, -0.15) is 5.10 Å². The zero-order valence-corrected chi connectivity index (χ0v) is 17.2. The number of carboxylic acid groups (broad SMARTS) is 1. The molecule has 0 spiro atoms. The molecule has 1 N–H and O–H groups in total. The zero-order chi connectivity index (χ0) is 20.8. The smallest absolute Gasteiger partial charge is 0.336 e. The molecule has 0 radical (unpaired) electrons. The van der Waals surface area contributed by atoms with Gasteiger partial charge in [-0.05, 0) is 36.1 Å². The molecule has 2 aromatic carbocycles. The van der Waals surface area contributed by atoms with E-state index < -0.39 is 5.97 Å². The molecule has 0 aliphatic heterocycles. The minimum absolute atomic E-state index is 0.310. The lowest BCUT2D eigenvalue weighted by atomic mass is 9.98. The molecule has 5 heteroatoms. The molecule has 1 atom stereocenters. The summed E-state index contributed by atoms with van der Waals surface area (Å²) in [6.45, 7) is 7.00. The summed E-state index contributed by atoms with van der Waals surface area (Å²) in [7, 11) is 0. The van der Waals surface area contributed by atoms with Crippen LogP contribution in [0.2, 0.25) is 0 Å². The molecule has 0 amide bonds. The van der Waals surface area contributed by atoms with Crippen LogP contribution >= 0.6 is 0 Å². The lowest BCUT2D eigenvalue weighted by Crippen LogP contribution is -2.05. The third-order valence-corrected chi connectivity index (χ3v) is 5.12. The second kappa shape index (κ2) is 9.32. The van der Waals surface area contributed by atoms with Crippen LogP contribution in [0.1, 0.15) is 60.7 Å². The Balaban J connectivity index is 1.86. The molecule has 0 fully saturated rings. The van der Waals surface area contributed by atoms with Crippen LogP contribution in [0.25, 0.3) is 11.1 Å². The fraction of sp³-hybridized carbons (Fsp3) is 0.292. The average molecular weight is 389 g/mol. The molecule has 0 saturated carbocycles. The molecule has 150 valence electrons. The van der Waals surface area contributed by atoms with E-state index in [0.29, 0.717) is 24.4 Å². The number of allylic oxidation sites excluding steroid dienone is 2. The third kappa shape index (κ3) is 4.80. The number of carbonyl (C=O) groups is 1. The molecule has 3 aromatic rings. The minimum atomic E-state index is -0.917. The van der Waals surface area contributed by atoms with Crippen LogP contribution < -0.4 is 0 Å². The van der Waals surface area contributed by atoms with Gasteiger partial charge in [0.1, 0.15) is 5.82 Å². The van der Waals surface area contributed by atoms with Crippen LogP contribution in [0.5, 0.6) is 0 Å². The highest BCUT2D eigenvalue weighted by Gasteiger charge is 2.15. The molecule has 3 rings (SSSR count). The Labute approximate surface area is 171 Å². The van der Waals surface area contributed by atoms with Crippen molar-refractivity contribution < 1.29 is 9.90 Å². The monoisotopic (exact) mass is 389 g/mol. The van der Waals surface area contributed by atoms with Crippen molar-refractivity contribution in [3.8, 4) is 11.1 Å². The summed E-state index contributed by atoms with van der Waals surface area (Å²) in [4.78, 5) is 16.3. The van der Waals surface area contributed by atoms with Gasteiger partial charge in [0.2, 0.25) is 0 Å². The largest absolute Gasteiger partial charge is 0.478 e. The maximum absolute atomic E-state index is 11.5. The molecule has 1 aromatic heterocycles. The number of benzene rings is 2. The lowest BCUT2D eigenvalue weighted by molar-refractivity contribution is 0.0697. The number of aromatic nitrogens is 3. The van der Waals surface area contributed by atoms with E-state index in [4.69, 9.17) is 10.1 Å². The molecule has 5 nitrogen and oxygen atoms in total. The second-order valence-electron chi connectivity index (χ2n) is 7.17. The summed E-state index contributed by atoms with van der Waals surface area (Å²) in [5.74, 6) is 1.24. The normalized spacial score (nSPS) is 12.4. The molecular formula is C24H27N3O2. The van der Waals surface area contributed by atoms with E-state index in [0.717, 1.165) is 34.8 Å². The van der Waals surface area contributed by atoms with Gasteiger partial charge in [0, 0.05) is 12.3 Å². The third-order valence-electron chi connectivity index (χ3n) is 5.12. The summed E-state index contributed by atoms with van der Waals surface area (Å²) in [6, 6.07) is 15.1. The predicted octanol–water partition coefficient (Wildman–Crippen LogP) is 5.32. The Hall–Kier alpha value is -3.21. The van der Waals surface area contributed by atoms with Crippen molar-refractivity contribution in [3.63, 3.8) is 0 Å². The first-order valence-electron chi connectivity index (χ1n) is 9.99. The van der Waals surface area contributed by atoms with Gasteiger partial charge in [-0.15, -0.1) is 0 Å². The van der Waals surface area contributed by atoms with Crippen molar-refractivity contribution in [2.24, 2.45) is 0 Å². The van der Waals surface area contributed by atoms with Gasteiger partial charge in [0.05, 0.1) is 12.1 Å². The number of nitrogens with zero attached hydrogens (tertiary/aromatic N) is 3. The lowest BCUT2D eigenvalue weighted by Gasteiger charge is -2.08. The van der Waals surface area contributed by atoms with Gasteiger partial charge < -0.3 is 5.11 Å². The highest BCUT2D eigenvalue weighted by molar-refractivity contribution is 5.95. The van der Waals surface area contributed by atoms with Gasteiger partial charge in [-0.25, -0.2) is 14.5 Å². The molecule has 0 aliphatic rings. The fourth-order valence-electron chi connectivity index (χ4n) is 3.17. The van der Waals surface area contributed by atoms with E-state index >= 15 is 0 Å². The van der Waals surface area contributed by atoms with Crippen molar-refractivity contribution in [1.29, 1.82) is 0 Å². The van der Waals surface area contributed by atoms with Gasteiger partial charge in [0.15, 0.2) is 5.82 Å². The van der Waals surface area contributed by atoms with Crippen molar-refractivity contribution in [2.45, 2.75) is 46.1 Å². The van der Waals surface area contributed by atoms with Crippen molar-refractivity contribution in [3.05, 3.63) is 83.5 Å². The van der Waals surface area contributed by atoms with E-state index in [1.807, 2.05) is 54.1 Å². The second-order valence-corrected chi connectivity index (χ2v) is 7.17. The predicted molar refractivity (Wildman–Crippen MR) is 115 cm³/mol. The highest BCUT2D eigenvalue weighted by atomic mass is 16.4. The van der Waals surface area contributed by atoms with Crippen LogP contribution in [-0.2, 0) is 13.0 Å². The van der Waals surface area contributed by atoms with E-state index in [2.05, 4.69) is 19.9 Å². The summed E-state index contributed by atoms with van der Waals surface area (Å²) in [5.41, 5.74) is 3.04. The topological polar surface area (TPSA) is 68.0 Å². The van der Waals surface area contributed by atoms with Gasteiger partial charge in [-0.3, -0.25) is 0 Å². The van der Waals surface area contributed by atoms with Crippen LogP contribution in [0.3, 0.4) is 0 Å². The quantitative estimate of drug-likeness (QED) is 0.529. The maximum atomic E-state index is 11.5. The summed E-state index contributed by atoms with van der Waals surface area (Å²) in [5, 5.41) is 14.1. The number of hydrogen-bond acceptors (Lipinski definition) is 3. The van der Waals surface area contributed by atoms with Crippen molar-refractivity contribution in [1.82, 2.24) is 14.8 Å². The van der Waals surface area contributed by atoms with Crippen LogP contribution in [0.4, 0.5) is 0 Å². The maximum Gasteiger partial charge on any atom is 0.336 e. The van der Waals surface area contributed by atoms with E-state index in [1.54, 1.807) is 12.1 Å². The van der Waals surface area contributed by atoms with Gasteiger partial charge in [-0.1, -0.05) is 68.5 Å². The highest BCUT2D eigenvalue weighted by Crippen LogP contribution is 2.25. The molecule has 0 bridgehead atoms. The molecule has 1 unspecified atom stereocenters. The summed E-state index contributed by atoms with van der Waals surface area (Å²) < 4.78 is 1.97. The Kier molecular flexibility index (Phi) is 6.60. The minimum Gasteiger partial charge on any atom is -0.478 e. The van der Waals surface area contributed by atoms with Gasteiger partial charge >= 0.3 is 5.97 Å². The first-order valence-corrected chi connectivity index (χ1v) is 9.99.